The van der Waals surface area contributed by atoms with E-state index in [9.17, 15) is 9.18 Å². The van der Waals surface area contributed by atoms with Crippen molar-refractivity contribution in [2.24, 2.45) is 0 Å². The molecular weight excluding hydrogens is 253 g/mol. The van der Waals surface area contributed by atoms with Gasteiger partial charge in [-0.15, -0.1) is 0 Å². The lowest BCUT2D eigenvalue weighted by Gasteiger charge is -2.10. The van der Waals surface area contributed by atoms with Crippen molar-refractivity contribution >= 4 is 23.0 Å². The van der Waals surface area contributed by atoms with E-state index in [1.807, 2.05) is 16.8 Å². The molecule has 2 rings (SSSR count). The number of rotatable bonds is 4. The van der Waals surface area contributed by atoms with Crippen LogP contribution in [-0.2, 0) is 11.3 Å². The second-order valence-corrected chi connectivity index (χ2v) is 4.45. The Labute approximate surface area is 108 Å². The van der Waals surface area contributed by atoms with Crippen LogP contribution in [0, 0.1) is 5.82 Å². The number of benzene rings is 1. The van der Waals surface area contributed by atoms with Gasteiger partial charge in [0.05, 0.1) is 12.7 Å². The topological polar surface area (TPSA) is 38.3 Å². The van der Waals surface area contributed by atoms with E-state index in [4.69, 9.17) is 0 Å². The predicted octanol–water partition coefficient (Wildman–Crippen LogP) is 3.29. The maximum absolute atomic E-state index is 13.1. The van der Waals surface area contributed by atoms with E-state index in [0.717, 1.165) is 5.56 Å². The maximum atomic E-state index is 13.1. The fraction of sp³-hybridized carbons (Fsp3) is 0.154. The molecule has 5 heteroatoms. The molecule has 18 heavy (non-hydrogen) atoms. The van der Waals surface area contributed by atoms with Gasteiger partial charge in [-0.3, -0.25) is 0 Å². The Morgan fingerprint density at radius 3 is 2.94 bits per heavy atom. The Morgan fingerprint density at radius 1 is 1.44 bits per heavy atom. The summed E-state index contributed by atoms with van der Waals surface area (Å²) in [5.41, 5.74) is 1.88. The van der Waals surface area contributed by atoms with Crippen molar-refractivity contribution in [3.8, 4) is 0 Å². The molecular formula is C13H12FNO2S. The SMILES string of the molecule is COC(=O)c1cc(F)ccc1NCc1ccsc1. The Kier molecular flexibility index (Phi) is 3.94. The lowest BCUT2D eigenvalue weighted by Crippen LogP contribution is -2.08. The van der Waals surface area contributed by atoms with Crippen molar-refractivity contribution in [3.05, 3.63) is 52.0 Å². The van der Waals surface area contributed by atoms with Crippen LogP contribution in [-0.4, -0.2) is 13.1 Å². The molecule has 1 N–H and O–H groups in total. The van der Waals surface area contributed by atoms with E-state index in [1.54, 1.807) is 11.3 Å². The summed E-state index contributed by atoms with van der Waals surface area (Å²) in [7, 11) is 1.27. The van der Waals surface area contributed by atoms with Gasteiger partial charge in [0.2, 0.25) is 0 Å². The Morgan fingerprint density at radius 2 is 2.28 bits per heavy atom. The minimum Gasteiger partial charge on any atom is -0.465 e. The van der Waals surface area contributed by atoms with E-state index in [2.05, 4.69) is 10.1 Å². The van der Waals surface area contributed by atoms with E-state index in [0.29, 0.717) is 12.2 Å². The molecule has 1 aromatic carbocycles. The number of nitrogens with one attached hydrogen (secondary N) is 1. The first-order valence-corrected chi connectivity index (χ1v) is 6.28. The minimum absolute atomic E-state index is 0.202. The average molecular weight is 265 g/mol. The highest BCUT2D eigenvalue weighted by atomic mass is 32.1. The van der Waals surface area contributed by atoms with Gasteiger partial charge >= 0.3 is 5.97 Å². The molecule has 0 saturated carbocycles. The molecule has 0 radical (unpaired) electrons. The molecule has 0 bridgehead atoms. The molecule has 2 aromatic rings. The van der Waals surface area contributed by atoms with E-state index in [-0.39, 0.29) is 5.56 Å². The molecule has 0 fully saturated rings. The standard InChI is InChI=1S/C13H12FNO2S/c1-17-13(16)11-6-10(14)2-3-12(11)15-7-9-4-5-18-8-9/h2-6,8,15H,7H2,1H3. The fourth-order valence-electron chi connectivity index (χ4n) is 1.54. The highest BCUT2D eigenvalue weighted by molar-refractivity contribution is 7.07. The number of methoxy groups -OCH3 is 1. The van der Waals surface area contributed by atoms with Crippen LogP contribution in [0.25, 0.3) is 0 Å². The van der Waals surface area contributed by atoms with Crippen LogP contribution in [0.1, 0.15) is 15.9 Å². The fourth-order valence-corrected chi connectivity index (χ4v) is 2.21. The molecule has 0 aliphatic carbocycles. The van der Waals surface area contributed by atoms with Crippen LogP contribution in [0.15, 0.2) is 35.0 Å². The van der Waals surface area contributed by atoms with Crippen LogP contribution in [0.2, 0.25) is 0 Å². The van der Waals surface area contributed by atoms with Gasteiger partial charge < -0.3 is 10.1 Å². The van der Waals surface area contributed by atoms with Gasteiger partial charge in [0, 0.05) is 12.2 Å². The molecule has 94 valence electrons. The van der Waals surface area contributed by atoms with Gasteiger partial charge in [-0.05, 0) is 40.6 Å². The van der Waals surface area contributed by atoms with E-state index in [1.165, 1.54) is 25.3 Å². The van der Waals surface area contributed by atoms with Crippen molar-refractivity contribution in [3.63, 3.8) is 0 Å². The van der Waals surface area contributed by atoms with Crippen molar-refractivity contribution < 1.29 is 13.9 Å². The summed E-state index contributed by atoms with van der Waals surface area (Å²) < 4.78 is 17.7. The Balaban J connectivity index is 2.18. The van der Waals surface area contributed by atoms with Crippen LogP contribution in [0.5, 0.6) is 0 Å². The second kappa shape index (κ2) is 5.64. The summed E-state index contributed by atoms with van der Waals surface area (Å²) in [6, 6.07) is 6.00. The van der Waals surface area contributed by atoms with Crippen molar-refractivity contribution in [1.82, 2.24) is 0 Å². The third-order valence-corrected chi connectivity index (χ3v) is 3.18. The van der Waals surface area contributed by atoms with Crippen LogP contribution < -0.4 is 5.32 Å². The van der Waals surface area contributed by atoms with Crippen LogP contribution >= 0.6 is 11.3 Å². The normalized spacial score (nSPS) is 10.1. The summed E-state index contributed by atoms with van der Waals surface area (Å²) in [4.78, 5) is 11.5. The lowest BCUT2D eigenvalue weighted by molar-refractivity contribution is 0.0601. The van der Waals surface area contributed by atoms with E-state index < -0.39 is 11.8 Å². The molecule has 3 nitrogen and oxygen atoms in total. The maximum Gasteiger partial charge on any atom is 0.340 e. The number of thiophene rings is 1. The molecule has 0 atom stereocenters. The molecule has 1 heterocycles. The van der Waals surface area contributed by atoms with Gasteiger partial charge in [0.15, 0.2) is 0 Å². The zero-order valence-corrected chi connectivity index (χ0v) is 10.6. The zero-order valence-electron chi connectivity index (χ0n) is 9.77. The second-order valence-electron chi connectivity index (χ2n) is 3.67. The quantitative estimate of drug-likeness (QED) is 0.862. The third kappa shape index (κ3) is 2.87. The Bertz CT molecular complexity index is 540. The van der Waals surface area contributed by atoms with E-state index >= 15 is 0 Å². The van der Waals surface area contributed by atoms with Crippen LogP contribution in [0.4, 0.5) is 10.1 Å². The van der Waals surface area contributed by atoms with Gasteiger partial charge in [-0.1, -0.05) is 0 Å². The molecule has 0 aliphatic heterocycles. The van der Waals surface area contributed by atoms with Crippen molar-refractivity contribution in [2.75, 3.05) is 12.4 Å². The third-order valence-electron chi connectivity index (χ3n) is 2.45. The lowest BCUT2D eigenvalue weighted by atomic mass is 10.1. The minimum atomic E-state index is -0.553. The van der Waals surface area contributed by atoms with Crippen molar-refractivity contribution in [1.29, 1.82) is 0 Å². The molecule has 1 aromatic heterocycles. The number of esters is 1. The number of halogens is 1. The number of carbonyl (C=O) groups is 1. The number of hydrogen-bond acceptors (Lipinski definition) is 4. The summed E-state index contributed by atoms with van der Waals surface area (Å²) in [5.74, 6) is -1.01. The van der Waals surface area contributed by atoms with Gasteiger partial charge in [0.25, 0.3) is 0 Å². The van der Waals surface area contributed by atoms with Crippen molar-refractivity contribution in [2.45, 2.75) is 6.54 Å². The first kappa shape index (κ1) is 12.6. The zero-order chi connectivity index (χ0) is 13.0. The van der Waals surface area contributed by atoms with Gasteiger partial charge in [-0.2, -0.15) is 11.3 Å². The number of anilines is 1. The highest BCUT2D eigenvalue weighted by Gasteiger charge is 2.12. The van der Waals surface area contributed by atoms with Crippen LogP contribution in [0.3, 0.4) is 0 Å². The predicted molar refractivity (Wildman–Crippen MR) is 69.4 cm³/mol. The summed E-state index contributed by atoms with van der Waals surface area (Å²) in [6.45, 7) is 0.582. The largest absolute Gasteiger partial charge is 0.465 e. The first-order valence-electron chi connectivity index (χ1n) is 5.33. The summed E-state index contributed by atoms with van der Waals surface area (Å²) >= 11 is 1.60. The smallest absolute Gasteiger partial charge is 0.340 e. The molecule has 0 spiro atoms. The van der Waals surface area contributed by atoms with Gasteiger partial charge in [-0.25, -0.2) is 9.18 Å². The summed E-state index contributed by atoms with van der Waals surface area (Å²) in [6.07, 6.45) is 0. The number of ether oxygens (including phenoxy) is 1. The first-order chi connectivity index (χ1) is 8.70. The molecule has 0 aliphatic rings. The highest BCUT2D eigenvalue weighted by Crippen LogP contribution is 2.19. The number of hydrogen-bond donors (Lipinski definition) is 1. The van der Waals surface area contributed by atoms with Gasteiger partial charge in [0.1, 0.15) is 5.82 Å². The Hall–Kier alpha value is -1.88. The molecule has 0 amide bonds. The summed E-state index contributed by atoms with van der Waals surface area (Å²) in [5, 5.41) is 7.08. The average Bonchev–Trinajstić information content (AvgIpc) is 2.89. The number of carbonyl (C=O) groups excluding carboxylic acids is 1. The molecule has 0 saturated heterocycles. The molecule has 0 unspecified atom stereocenters. The monoisotopic (exact) mass is 265 g/mol.